The molecule has 20 heavy (non-hydrogen) atoms. The summed E-state index contributed by atoms with van der Waals surface area (Å²) < 4.78 is 13.4. The van der Waals surface area contributed by atoms with Crippen molar-refractivity contribution in [2.45, 2.75) is 26.3 Å². The van der Waals surface area contributed by atoms with Gasteiger partial charge in [-0.2, -0.15) is 0 Å². The molecule has 0 aliphatic rings. The number of aryl methyl sites for hydroxylation is 1. The summed E-state index contributed by atoms with van der Waals surface area (Å²) in [6.45, 7) is 7.53. The molecule has 1 atom stereocenters. The molecular formula is C16H28FN3. The van der Waals surface area contributed by atoms with Crippen molar-refractivity contribution in [2.75, 3.05) is 40.3 Å². The highest BCUT2D eigenvalue weighted by Crippen LogP contribution is 2.22. The van der Waals surface area contributed by atoms with Crippen LogP contribution in [-0.4, -0.2) is 50.1 Å². The van der Waals surface area contributed by atoms with Gasteiger partial charge < -0.3 is 10.6 Å². The number of nitrogens with zero attached hydrogens (tertiary/aromatic N) is 2. The maximum Gasteiger partial charge on any atom is 0.126 e. The van der Waals surface area contributed by atoms with E-state index in [0.29, 0.717) is 12.1 Å². The zero-order chi connectivity index (χ0) is 15.1. The molecule has 3 nitrogen and oxygen atoms in total. The zero-order valence-corrected chi connectivity index (χ0v) is 13.2. The van der Waals surface area contributed by atoms with E-state index in [1.807, 2.05) is 12.1 Å². The smallest absolute Gasteiger partial charge is 0.126 e. The number of benzene rings is 1. The second kappa shape index (κ2) is 8.35. The molecule has 1 unspecified atom stereocenters. The van der Waals surface area contributed by atoms with E-state index in [-0.39, 0.29) is 11.9 Å². The minimum atomic E-state index is -0.153. The molecule has 114 valence electrons. The van der Waals surface area contributed by atoms with Crippen LogP contribution in [0.1, 0.15) is 30.5 Å². The van der Waals surface area contributed by atoms with Gasteiger partial charge in [0.1, 0.15) is 5.82 Å². The van der Waals surface area contributed by atoms with Gasteiger partial charge in [-0.3, -0.25) is 4.90 Å². The van der Waals surface area contributed by atoms with Gasteiger partial charge in [0.15, 0.2) is 0 Å². The van der Waals surface area contributed by atoms with Crippen LogP contribution in [0.3, 0.4) is 0 Å². The van der Waals surface area contributed by atoms with Crippen LogP contribution in [0.5, 0.6) is 0 Å². The summed E-state index contributed by atoms with van der Waals surface area (Å²) in [5, 5.41) is 0. The Labute approximate surface area is 122 Å². The fourth-order valence-corrected chi connectivity index (χ4v) is 2.50. The van der Waals surface area contributed by atoms with Crippen LogP contribution in [0.25, 0.3) is 0 Å². The van der Waals surface area contributed by atoms with Gasteiger partial charge in [0.25, 0.3) is 0 Å². The highest BCUT2D eigenvalue weighted by Gasteiger charge is 2.18. The van der Waals surface area contributed by atoms with E-state index in [2.05, 4.69) is 30.8 Å². The Morgan fingerprint density at radius 2 is 1.95 bits per heavy atom. The molecule has 0 saturated carbocycles. The van der Waals surface area contributed by atoms with Gasteiger partial charge in [-0.05, 0) is 57.7 Å². The molecule has 0 fully saturated rings. The van der Waals surface area contributed by atoms with E-state index in [0.717, 1.165) is 31.6 Å². The van der Waals surface area contributed by atoms with Crippen LogP contribution < -0.4 is 5.73 Å². The summed E-state index contributed by atoms with van der Waals surface area (Å²) in [4.78, 5) is 4.56. The van der Waals surface area contributed by atoms with Gasteiger partial charge in [0.2, 0.25) is 0 Å². The number of likely N-dealkylation sites (N-methyl/N-ethyl adjacent to an activating group) is 1. The van der Waals surface area contributed by atoms with E-state index in [4.69, 9.17) is 5.73 Å². The maximum atomic E-state index is 13.4. The van der Waals surface area contributed by atoms with Crippen molar-refractivity contribution in [3.05, 3.63) is 35.1 Å². The molecule has 0 aliphatic carbocycles. The Morgan fingerprint density at radius 3 is 2.45 bits per heavy atom. The molecule has 0 heterocycles. The van der Waals surface area contributed by atoms with Crippen LogP contribution >= 0.6 is 0 Å². The van der Waals surface area contributed by atoms with Crippen LogP contribution in [0, 0.1) is 12.7 Å². The summed E-state index contributed by atoms with van der Waals surface area (Å²) in [5.74, 6) is -0.153. The van der Waals surface area contributed by atoms with Crippen LogP contribution in [0.4, 0.5) is 4.39 Å². The van der Waals surface area contributed by atoms with E-state index in [1.165, 1.54) is 0 Å². The number of hydrogen-bond acceptors (Lipinski definition) is 3. The van der Waals surface area contributed by atoms with Gasteiger partial charge in [-0.25, -0.2) is 4.39 Å². The van der Waals surface area contributed by atoms with Crippen molar-refractivity contribution in [3.63, 3.8) is 0 Å². The highest BCUT2D eigenvalue weighted by molar-refractivity contribution is 5.26. The molecule has 0 spiro atoms. The molecule has 1 aromatic carbocycles. The van der Waals surface area contributed by atoms with Gasteiger partial charge in [0, 0.05) is 19.1 Å². The van der Waals surface area contributed by atoms with Crippen molar-refractivity contribution in [2.24, 2.45) is 5.73 Å². The topological polar surface area (TPSA) is 32.5 Å². The van der Waals surface area contributed by atoms with Gasteiger partial charge in [0.05, 0.1) is 0 Å². The first-order valence-corrected chi connectivity index (χ1v) is 7.34. The molecule has 1 rings (SSSR count). The fourth-order valence-electron chi connectivity index (χ4n) is 2.50. The van der Waals surface area contributed by atoms with Crippen molar-refractivity contribution in [3.8, 4) is 0 Å². The Bertz CT molecular complexity index is 407. The summed E-state index contributed by atoms with van der Waals surface area (Å²) >= 11 is 0. The standard InChI is InChI=1S/C16H28FN3/c1-5-20(10-6-9-19(3)4)16(12-18)14-7-8-15(17)13(2)11-14/h7-8,11,16H,5-6,9-10,12,18H2,1-4H3. The molecule has 0 aliphatic heterocycles. The lowest BCUT2D eigenvalue weighted by atomic mass is 10.0. The SMILES string of the molecule is CCN(CCCN(C)C)C(CN)c1ccc(F)c(C)c1. The molecule has 0 aromatic heterocycles. The van der Waals surface area contributed by atoms with Crippen molar-refractivity contribution in [1.82, 2.24) is 9.80 Å². The Kier molecular flexibility index (Phi) is 7.13. The highest BCUT2D eigenvalue weighted by atomic mass is 19.1. The third kappa shape index (κ3) is 4.85. The third-order valence-corrected chi connectivity index (χ3v) is 3.69. The first-order chi connectivity index (χ1) is 9.49. The van der Waals surface area contributed by atoms with Crippen LogP contribution in [-0.2, 0) is 0 Å². The second-order valence-electron chi connectivity index (χ2n) is 5.55. The molecule has 0 bridgehead atoms. The summed E-state index contributed by atoms with van der Waals surface area (Å²) in [7, 11) is 4.17. The molecule has 0 saturated heterocycles. The predicted octanol–water partition coefficient (Wildman–Crippen LogP) is 2.41. The molecule has 0 amide bonds. The Balaban J connectivity index is 2.77. The lowest BCUT2D eigenvalue weighted by molar-refractivity contribution is 0.201. The first-order valence-electron chi connectivity index (χ1n) is 7.34. The maximum absolute atomic E-state index is 13.4. The van der Waals surface area contributed by atoms with Gasteiger partial charge in [-0.1, -0.05) is 19.1 Å². The van der Waals surface area contributed by atoms with E-state index in [9.17, 15) is 4.39 Å². The quantitative estimate of drug-likeness (QED) is 0.794. The normalized spacial score (nSPS) is 13.2. The molecule has 2 N–H and O–H groups in total. The van der Waals surface area contributed by atoms with Gasteiger partial charge in [-0.15, -0.1) is 0 Å². The fraction of sp³-hybridized carbons (Fsp3) is 0.625. The van der Waals surface area contributed by atoms with Crippen LogP contribution in [0.15, 0.2) is 18.2 Å². The average molecular weight is 281 g/mol. The Morgan fingerprint density at radius 1 is 1.25 bits per heavy atom. The van der Waals surface area contributed by atoms with Crippen molar-refractivity contribution < 1.29 is 4.39 Å². The van der Waals surface area contributed by atoms with E-state index in [1.54, 1.807) is 13.0 Å². The number of nitrogens with two attached hydrogens (primary N) is 1. The lowest BCUT2D eigenvalue weighted by Gasteiger charge is -2.30. The lowest BCUT2D eigenvalue weighted by Crippen LogP contribution is -2.35. The zero-order valence-electron chi connectivity index (χ0n) is 13.2. The van der Waals surface area contributed by atoms with Crippen LogP contribution in [0.2, 0.25) is 0 Å². The molecule has 4 heteroatoms. The molecule has 0 radical (unpaired) electrons. The number of halogens is 1. The van der Waals surface area contributed by atoms with E-state index >= 15 is 0 Å². The molecule has 1 aromatic rings. The minimum absolute atomic E-state index is 0.153. The van der Waals surface area contributed by atoms with E-state index < -0.39 is 0 Å². The largest absolute Gasteiger partial charge is 0.329 e. The third-order valence-electron chi connectivity index (χ3n) is 3.69. The summed E-state index contributed by atoms with van der Waals surface area (Å²) in [6.07, 6.45) is 1.11. The monoisotopic (exact) mass is 281 g/mol. The number of rotatable bonds is 8. The average Bonchev–Trinajstić information content (AvgIpc) is 2.41. The Hall–Kier alpha value is -0.970. The minimum Gasteiger partial charge on any atom is -0.329 e. The second-order valence-corrected chi connectivity index (χ2v) is 5.55. The summed E-state index contributed by atoms with van der Waals surface area (Å²) in [5.41, 5.74) is 7.75. The van der Waals surface area contributed by atoms with Crippen molar-refractivity contribution in [1.29, 1.82) is 0 Å². The first kappa shape index (κ1) is 17.1. The number of hydrogen-bond donors (Lipinski definition) is 1. The summed E-state index contributed by atoms with van der Waals surface area (Å²) in [6, 6.07) is 5.48. The van der Waals surface area contributed by atoms with Crippen molar-refractivity contribution >= 4 is 0 Å². The predicted molar refractivity (Wildman–Crippen MR) is 83.4 cm³/mol. The molecular weight excluding hydrogens is 253 g/mol. The van der Waals surface area contributed by atoms with Gasteiger partial charge >= 0.3 is 0 Å².